The molecule has 0 unspecified atom stereocenters. The third kappa shape index (κ3) is 1.58. The smallest absolute Gasteiger partial charge is 0.351 e. The molecule has 0 aliphatic heterocycles. The van der Waals surface area contributed by atoms with Gasteiger partial charge < -0.3 is 9.47 Å². The van der Waals surface area contributed by atoms with Crippen molar-refractivity contribution in [2.45, 2.75) is 6.92 Å². The number of aryl methyl sites for hydroxylation is 1. The highest BCUT2D eigenvalue weighted by Crippen LogP contribution is 2.28. The molecule has 1 aromatic rings. The van der Waals surface area contributed by atoms with Gasteiger partial charge in [-0.2, -0.15) is 0 Å². The first-order valence-corrected chi connectivity index (χ1v) is 4.23. The number of hydrogen-bond donors (Lipinski definition) is 0. The SMILES string of the molecule is COC(=O)c1sc(C)cc1OC. The van der Waals surface area contributed by atoms with Gasteiger partial charge in [-0.3, -0.25) is 0 Å². The van der Waals surface area contributed by atoms with Gasteiger partial charge in [0.2, 0.25) is 0 Å². The van der Waals surface area contributed by atoms with Gasteiger partial charge in [0.1, 0.15) is 5.75 Å². The molecule has 66 valence electrons. The van der Waals surface area contributed by atoms with Crippen LogP contribution in [-0.2, 0) is 4.74 Å². The molecule has 1 heterocycles. The van der Waals surface area contributed by atoms with Gasteiger partial charge in [-0.05, 0) is 13.0 Å². The Hall–Kier alpha value is -1.03. The standard InChI is InChI=1S/C8H10O3S/c1-5-4-6(10-2)7(12-5)8(9)11-3/h4H,1-3H3. The summed E-state index contributed by atoms with van der Waals surface area (Å²) < 4.78 is 9.58. The summed E-state index contributed by atoms with van der Waals surface area (Å²) in [5.41, 5.74) is 0. The number of hydrogen-bond acceptors (Lipinski definition) is 4. The predicted octanol–water partition coefficient (Wildman–Crippen LogP) is 1.85. The van der Waals surface area contributed by atoms with E-state index in [-0.39, 0.29) is 5.97 Å². The Morgan fingerprint density at radius 1 is 1.50 bits per heavy atom. The second-order valence-corrected chi connectivity index (χ2v) is 3.50. The molecule has 3 nitrogen and oxygen atoms in total. The third-order valence-electron chi connectivity index (χ3n) is 1.41. The third-order valence-corrected chi connectivity index (χ3v) is 2.42. The minimum Gasteiger partial charge on any atom is -0.495 e. The molecule has 0 aliphatic carbocycles. The Labute approximate surface area is 74.9 Å². The number of carbonyl (C=O) groups excluding carboxylic acids is 1. The maximum Gasteiger partial charge on any atom is 0.351 e. The van der Waals surface area contributed by atoms with E-state index in [0.717, 1.165) is 4.88 Å². The fourth-order valence-electron chi connectivity index (χ4n) is 0.877. The molecule has 0 atom stereocenters. The van der Waals surface area contributed by atoms with Crippen LogP contribution in [0.2, 0.25) is 0 Å². The quantitative estimate of drug-likeness (QED) is 0.661. The average Bonchev–Trinajstić information content (AvgIpc) is 2.45. The van der Waals surface area contributed by atoms with Crippen LogP contribution in [0.4, 0.5) is 0 Å². The van der Waals surface area contributed by atoms with E-state index < -0.39 is 0 Å². The monoisotopic (exact) mass is 186 g/mol. The summed E-state index contributed by atoms with van der Waals surface area (Å²) >= 11 is 1.37. The Morgan fingerprint density at radius 2 is 2.17 bits per heavy atom. The minimum absolute atomic E-state index is 0.343. The molecule has 1 aromatic heterocycles. The van der Waals surface area contributed by atoms with Crippen LogP contribution < -0.4 is 4.74 Å². The summed E-state index contributed by atoms with van der Waals surface area (Å²) in [7, 11) is 2.89. The van der Waals surface area contributed by atoms with E-state index in [1.807, 2.05) is 13.0 Å². The Morgan fingerprint density at radius 3 is 2.67 bits per heavy atom. The zero-order valence-corrected chi connectivity index (χ0v) is 8.03. The number of methoxy groups -OCH3 is 2. The molecule has 0 aromatic carbocycles. The van der Waals surface area contributed by atoms with Crippen molar-refractivity contribution in [2.24, 2.45) is 0 Å². The van der Waals surface area contributed by atoms with Crippen molar-refractivity contribution in [1.82, 2.24) is 0 Å². The zero-order valence-electron chi connectivity index (χ0n) is 7.21. The number of rotatable bonds is 2. The molecule has 0 bridgehead atoms. The molecule has 1 rings (SSSR count). The van der Waals surface area contributed by atoms with E-state index in [1.165, 1.54) is 25.6 Å². The number of esters is 1. The summed E-state index contributed by atoms with van der Waals surface area (Å²) in [6.07, 6.45) is 0. The summed E-state index contributed by atoms with van der Waals surface area (Å²) in [4.78, 5) is 12.7. The van der Waals surface area contributed by atoms with Gasteiger partial charge in [0, 0.05) is 4.88 Å². The molecule has 0 aliphatic rings. The maximum absolute atomic E-state index is 11.1. The van der Waals surface area contributed by atoms with Crippen molar-refractivity contribution in [1.29, 1.82) is 0 Å². The van der Waals surface area contributed by atoms with Gasteiger partial charge >= 0.3 is 5.97 Å². The normalized spacial score (nSPS) is 9.58. The van der Waals surface area contributed by atoms with Gasteiger partial charge in [-0.25, -0.2) is 4.79 Å². The first-order chi connectivity index (χ1) is 5.69. The summed E-state index contributed by atoms with van der Waals surface area (Å²) in [5.74, 6) is 0.245. The van der Waals surface area contributed by atoms with Gasteiger partial charge in [0.25, 0.3) is 0 Å². The Kier molecular flexibility index (Phi) is 2.70. The van der Waals surface area contributed by atoms with Crippen molar-refractivity contribution in [2.75, 3.05) is 14.2 Å². The molecular formula is C8H10O3S. The van der Waals surface area contributed by atoms with Crippen LogP contribution in [0.15, 0.2) is 6.07 Å². The second kappa shape index (κ2) is 3.58. The lowest BCUT2D eigenvalue weighted by Crippen LogP contribution is -1.99. The highest BCUT2D eigenvalue weighted by Gasteiger charge is 2.15. The van der Waals surface area contributed by atoms with Crippen molar-refractivity contribution in [3.8, 4) is 5.75 Å². The lowest BCUT2D eigenvalue weighted by molar-refractivity contribution is 0.0603. The first-order valence-electron chi connectivity index (χ1n) is 3.41. The Balaban J connectivity index is 3.04. The predicted molar refractivity (Wildman–Crippen MR) is 46.9 cm³/mol. The number of thiophene rings is 1. The van der Waals surface area contributed by atoms with E-state index in [1.54, 1.807) is 0 Å². The van der Waals surface area contributed by atoms with Crippen LogP contribution in [0.1, 0.15) is 14.5 Å². The first kappa shape index (κ1) is 9.06. The van der Waals surface area contributed by atoms with Gasteiger partial charge in [0.15, 0.2) is 4.88 Å². The van der Waals surface area contributed by atoms with Crippen LogP contribution in [0.25, 0.3) is 0 Å². The van der Waals surface area contributed by atoms with Crippen molar-refractivity contribution in [3.63, 3.8) is 0 Å². The topological polar surface area (TPSA) is 35.5 Å². The number of ether oxygens (including phenoxy) is 2. The molecular weight excluding hydrogens is 176 g/mol. The minimum atomic E-state index is -0.343. The van der Waals surface area contributed by atoms with Crippen LogP contribution in [-0.4, -0.2) is 20.2 Å². The Bertz CT molecular complexity index is 290. The molecule has 0 N–H and O–H groups in total. The fourth-order valence-corrected chi connectivity index (χ4v) is 1.77. The lowest BCUT2D eigenvalue weighted by Gasteiger charge is -1.98. The van der Waals surface area contributed by atoms with E-state index in [9.17, 15) is 4.79 Å². The van der Waals surface area contributed by atoms with E-state index in [2.05, 4.69) is 4.74 Å². The molecule has 12 heavy (non-hydrogen) atoms. The lowest BCUT2D eigenvalue weighted by atomic mass is 10.4. The van der Waals surface area contributed by atoms with Crippen molar-refractivity contribution in [3.05, 3.63) is 15.8 Å². The molecule has 0 amide bonds. The zero-order chi connectivity index (χ0) is 9.14. The van der Waals surface area contributed by atoms with E-state index >= 15 is 0 Å². The molecule has 0 saturated carbocycles. The summed E-state index contributed by atoms with van der Waals surface area (Å²) in [5, 5.41) is 0. The van der Waals surface area contributed by atoms with Crippen molar-refractivity contribution >= 4 is 17.3 Å². The van der Waals surface area contributed by atoms with Crippen LogP contribution in [0.5, 0.6) is 5.75 Å². The average molecular weight is 186 g/mol. The van der Waals surface area contributed by atoms with Gasteiger partial charge in [0.05, 0.1) is 14.2 Å². The molecule has 0 radical (unpaired) electrons. The highest BCUT2D eigenvalue weighted by atomic mass is 32.1. The van der Waals surface area contributed by atoms with Gasteiger partial charge in [-0.1, -0.05) is 0 Å². The van der Waals surface area contributed by atoms with E-state index in [4.69, 9.17) is 4.74 Å². The molecule has 4 heteroatoms. The van der Waals surface area contributed by atoms with Crippen LogP contribution >= 0.6 is 11.3 Å². The largest absolute Gasteiger partial charge is 0.495 e. The molecule has 0 fully saturated rings. The highest BCUT2D eigenvalue weighted by molar-refractivity contribution is 7.14. The van der Waals surface area contributed by atoms with Crippen molar-refractivity contribution < 1.29 is 14.3 Å². The summed E-state index contributed by atoms with van der Waals surface area (Å²) in [6, 6.07) is 1.82. The van der Waals surface area contributed by atoms with Crippen LogP contribution in [0.3, 0.4) is 0 Å². The molecule has 0 spiro atoms. The summed E-state index contributed by atoms with van der Waals surface area (Å²) in [6.45, 7) is 1.92. The van der Waals surface area contributed by atoms with E-state index in [0.29, 0.717) is 10.6 Å². The molecule has 0 saturated heterocycles. The van der Waals surface area contributed by atoms with Gasteiger partial charge in [-0.15, -0.1) is 11.3 Å². The number of carbonyl (C=O) groups is 1. The fraction of sp³-hybridized carbons (Fsp3) is 0.375. The van der Waals surface area contributed by atoms with Crippen LogP contribution in [0, 0.1) is 6.92 Å². The maximum atomic E-state index is 11.1. The second-order valence-electron chi connectivity index (χ2n) is 2.25.